The fraction of sp³-hybridized carbons (Fsp3) is 0.286. The van der Waals surface area contributed by atoms with Crippen LogP contribution < -0.4 is 0 Å². The first kappa shape index (κ1) is 13.8. The van der Waals surface area contributed by atoms with E-state index in [9.17, 15) is 8.42 Å². The summed E-state index contributed by atoms with van der Waals surface area (Å²) >= 11 is 1.14. The Balaban J connectivity index is 1.90. The predicted octanol–water partition coefficient (Wildman–Crippen LogP) is 1.99. The Morgan fingerprint density at radius 1 is 1.15 bits per heavy atom. The zero-order valence-electron chi connectivity index (χ0n) is 10.8. The van der Waals surface area contributed by atoms with Crippen LogP contribution in [0.1, 0.15) is 16.0 Å². The summed E-state index contributed by atoms with van der Waals surface area (Å²) in [5, 5.41) is 9.06. The molecule has 106 valence electrons. The van der Waals surface area contributed by atoms with E-state index in [4.69, 9.17) is 5.11 Å². The molecule has 4 nitrogen and oxygen atoms in total. The molecule has 0 aliphatic carbocycles. The molecule has 0 radical (unpaired) electrons. The molecule has 0 spiro atoms. The predicted molar refractivity (Wildman–Crippen MR) is 78.0 cm³/mol. The van der Waals surface area contributed by atoms with Gasteiger partial charge in [0.1, 0.15) is 4.21 Å². The minimum Gasteiger partial charge on any atom is -0.391 e. The van der Waals surface area contributed by atoms with E-state index in [0.29, 0.717) is 22.2 Å². The van der Waals surface area contributed by atoms with Crippen LogP contribution in [0, 0.1) is 0 Å². The number of thiophene rings is 1. The van der Waals surface area contributed by atoms with Crippen LogP contribution in [0.3, 0.4) is 0 Å². The van der Waals surface area contributed by atoms with Crippen molar-refractivity contribution in [3.63, 3.8) is 0 Å². The molecule has 6 heteroatoms. The molecule has 0 bridgehead atoms. The Labute approximate surface area is 122 Å². The molecule has 1 aromatic carbocycles. The molecule has 1 aliphatic rings. The lowest BCUT2D eigenvalue weighted by molar-refractivity contribution is 0.285. The highest BCUT2D eigenvalue weighted by atomic mass is 32.2. The molecule has 0 unspecified atom stereocenters. The smallest absolute Gasteiger partial charge is 0.252 e. The highest BCUT2D eigenvalue weighted by molar-refractivity contribution is 7.91. The van der Waals surface area contributed by atoms with Gasteiger partial charge in [0.2, 0.25) is 0 Å². The van der Waals surface area contributed by atoms with Gasteiger partial charge < -0.3 is 5.11 Å². The average molecular weight is 309 g/mol. The molecule has 0 atom stereocenters. The first-order valence-electron chi connectivity index (χ1n) is 6.38. The van der Waals surface area contributed by atoms with Crippen molar-refractivity contribution in [3.05, 3.63) is 52.4 Å². The van der Waals surface area contributed by atoms with Crippen LogP contribution in [0.5, 0.6) is 0 Å². The summed E-state index contributed by atoms with van der Waals surface area (Å²) in [7, 11) is -3.45. The van der Waals surface area contributed by atoms with E-state index in [2.05, 4.69) is 0 Å². The monoisotopic (exact) mass is 309 g/mol. The van der Waals surface area contributed by atoms with Gasteiger partial charge in [-0.05, 0) is 29.7 Å². The van der Waals surface area contributed by atoms with Gasteiger partial charge in [-0.15, -0.1) is 11.3 Å². The summed E-state index contributed by atoms with van der Waals surface area (Å²) in [6.45, 7) is 0.805. The number of nitrogens with zero attached hydrogens (tertiary/aromatic N) is 1. The quantitative estimate of drug-likeness (QED) is 0.943. The summed E-state index contributed by atoms with van der Waals surface area (Å²) in [5.74, 6) is 0. The Kier molecular flexibility index (Phi) is 3.64. The number of benzene rings is 1. The van der Waals surface area contributed by atoms with E-state index in [-0.39, 0.29) is 6.61 Å². The number of hydrogen-bond acceptors (Lipinski definition) is 4. The van der Waals surface area contributed by atoms with Crippen molar-refractivity contribution in [3.8, 4) is 0 Å². The average Bonchev–Trinajstić information content (AvgIpc) is 2.96. The second kappa shape index (κ2) is 5.29. The minimum absolute atomic E-state index is 0.122. The molecule has 2 heterocycles. The van der Waals surface area contributed by atoms with Gasteiger partial charge in [0, 0.05) is 18.0 Å². The van der Waals surface area contributed by atoms with Gasteiger partial charge in [-0.1, -0.05) is 24.3 Å². The van der Waals surface area contributed by atoms with Gasteiger partial charge in [-0.25, -0.2) is 8.42 Å². The van der Waals surface area contributed by atoms with Crippen LogP contribution in [0.15, 0.2) is 40.6 Å². The molecular weight excluding hydrogens is 294 g/mol. The second-order valence-electron chi connectivity index (χ2n) is 4.74. The number of aliphatic hydroxyl groups excluding tert-OH is 1. The van der Waals surface area contributed by atoms with E-state index in [1.807, 2.05) is 24.3 Å². The second-order valence-corrected chi connectivity index (χ2v) is 8.07. The van der Waals surface area contributed by atoms with Gasteiger partial charge in [0.15, 0.2) is 0 Å². The summed E-state index contributed by atoms with van der Waals surface area (Å²) in [6.07, 6.45) is 0.744. The number of hydrogen-bond donors (Lipinski definition) is 1. The van der Waals surface area contributed by atoms with Crippen molar-refractivity contribution in [1.82, 2.24) is 4.31 Å². The standard InChI is InChI=1S/C14H15NO3S2/c16-10-13-5-6-14(19-13)20(17,18)15-8-7-11-3-1-2-4-12(11)9-15/h1-6,16H,7-10H2. The lowest BCUT2D eigenvalue weighted by Gasteiger charge is -2.27. The number of rotatable bonds is 3. The zero-order valence-corrected chi connectivity index (χ0v) is 12.5. The summed E-state index contributed by atoms with van der Waals surface area (Å²) in [6, 6.07) is 11.2. The molecule has 0 saturated heterocycles. The van der Waals surface area contributed by atoms with Crippen LogP contribution in [-0.2, 0) is 29.6 Å². The fourth-order valence-electron chi connectivity index (χ4n) is 2.38. The van der Waals surface area contributed by atoms with Crippen molar-refractivity contribution in [2.24, 2.45) is 0 Å². The van der Waals surface area contributed by atoms with Gasteiger partial charge in [-0.3, -0.25) is 0 Å². The van der Waals surface area contributed by atoms with Crippen molar-refractivity contribution < 1.29 is 13.5 Å². The molecule has 0 fully saturated rings. The third-order valence-corrected chi connectivity index (χ3v) is 6.87. The normalized spacial score (nSPS) is 16.1. The maximum Gasteiger partial charge on any atom is 0.252 e. The molecule has 1 N–H and O–H groups in total. The maximum absolute atomic E-state index is 12.6. The molecule has 1 aromatic heterocycles. The van der Waals surface area contributed by atoms with E-state index < -0.39 is 10.0 Å². The molecule has 0 saturated carbocycles. The first-order valence-corrected chi connectivity index (χ1v) is 8.63. The van der Waals surface area contributed by atoms with Gasteiger partial charge in [-0.2, -0.15) is 4.31 Å². The Morgan fingerprint density at radius 2 is 1.90 bits per heavy atom. The van der Waals surface area contributed by atoms with Gasteiger partial charge in [0.05, 0.1) is 6.61 Å². The molecule has 3 rings (SSSR count). The van der Waals surface area contributed by atoms with E-state index >= 15 is 0 Å². The Morgan fingerprint density at radius 3 is 2.60 bits per heavy atom. The molecule has 1 aliphatic heterocycles. The molecule has 20 heavy (non-hydrogen) atoms. The van der Waals surface area contributed by atoms with Crippen molar-refractivity contribution in [2.75, 3.05) is 6.54 Å². The largest absolute Gasteiger partial charge is 0.391 e. The third kappa shape index (κ3) is 2.40. The van der Waals surface area contributed by atoms with Crippen molar-refractivity contribution >= 4 is 21.4 Å². The highest BCUT2D eigenvalue weighted by Crippen LogP contribution is 2.29. The SMILES string of the molecule is O=S(=O)(c1ccc(CO)s1)N1CCc2ccccc2C1. The van der Waals surface area contributed by atoms with Gasteiger partial charge in [0.25, 0.3) is 10.0 Å². The molecule has 0 amide bonds. The van der Waals surface area contributed by atoms with E-state index in [1.165, 1.54) is 9.87 Å². The fourth-order valence-corrected chi connectivity index (χ4v) is 5.17. The van der Waals surface area contributed by atoms with E-state index in [1.54, 1.807) is 12.1 Å². The highest BCUT2D eigenvalue weighted by Gasteiger charge is 2.29. The van der Waals surface area contributed by atoms with Crippen molar-refractivity contribution in [1.29, 1.82) is 0 Å². The van der Waals surface area contributed by atoms with Gasteiger partial charge >= 0.3 is 0 Å². The van der Waals surface area contributed by atoms with E-state index in [0.717, 1.165) is 23.3 Å². The molecular formula is C14H15NO3S2. The lowest BCUT2D eigenvalue weighted by atomic mass is 10.0. The summed E-state index contributed by atoms with van der Waals surface area (Å²) in [4.78, 5) is 0.668. The Hall–Kier alpha value is -1.21. The van der Waals surface area contributed by atoms with Crippen LogP contribution in [0.25, 0.3) is 0 Å². The first-order chi connectivity index (χ1) is 9.61. The zero-order chi connectivity index (χ0) is 14.2. The van der Waals surface area contributed by atoms with Crippen LogP contribution in [-0.4, -0.2) is 24.4 Å². The molecule has 2 aromatic rings. The number of aliphatic hydroxyl groups is 1. The van der Waals surface area contributed by atoms with Crippen molar-refractivity contribution in [2.45, 2.75) is 23.8 Å². The summed E-state index contributed by atoms with van der Waals surface area (Å²) in [5.41, 5.74) is 2.29. The maximum atomic E-state index is 12.6. The topological polar surface area (TPSA) is 57.6 Å². The third-order valence-electron chi connectivity index (χ3n) is 3.48. The van der Waals surface area contributed by atoms with Crippen LogP contribution in [0.4, 0.5) is 0 Å². The number of sulfonamides is 1. The Bertz CT molecular complexity index is 722. The van der Waals surface area contributed by atoms with Crippen LogP contribution in [0.2, 0.25) is 0 Å². The summed E-state index contributed by atoms with van der Waals surface area (Å²) < 4.78 is 27.0. The lowest BCUT2D eigenvalue weighted by Crippen LogP contribution is -2.35. The van der Waals surface area contributed by atoms with Crippen LogP contribution >= 0.6 is 11.3 Å². The minimum atomic E-state index is -3.45. The number of fused-ring (bicyclic) bond motifs is 1.